The van der Waals surface area contributed by atoms with Crippen LogP contribution in [-0.2, 0) is 16.0 Å². The van der Waals surface area contributed by atoms with Crippen LogP contribution in [0.15, 0.2) is 54.6 Å². The van der Waals surface area contributed by atoms with Crippen LogP contribution in [0.4, 0.5) is 0 Å². The highest BCUT2D eigenvalue weighted by Crippen LogP contribution is 2.19. The molecule has 0 aliphatic carbocycles. The Hall–Kier alpha value is -2.62. The molecule has 0 saturated heterocycles. The lowest BCUT2D eigenvalue weighted by atomic mass is 10.0. The molecule has 0 fully saturated rings. The van der Waals surface area contributed by atoms with Crippen molar-refractivity contribution >= 4 is 12.3 Å². The Morgan fingerprint density at radius 1 is 1.05 bits per heavy atom. The maximum atomic E-state index is 11.2. The number of nitrogens with two attached hydrogens (primary N) is 1. The molecule has 0 spiro atoms. The van der Waals surface area contributed by atoms with E-state index in [2.05, 4.69) is 5.32 Å². The quantitative estimate of drug-likeness (QED) is 0.779. The maximum absolute atomic E-state index is 11.2. The standard InChI is InChI=1S/C16H16N2O2/c17-16(20)15(18-11-19)10-12-6-8-14(9-7-12)13-4-2-1-3-5-13/h1-9,11,15H,10H2,(H2,17,20)(H,18,19). The fraction of sp³-hybridized carbons (Fsp3) is 0.125. The topological polar surface area (TPSA) is 72.2 Å². The largest absolute Gasteiger partial charge is 0.368 e. The molecule has 102 valence electrons. The van der Waals surface area contributed by atoms with E-state index in [1.165, 1.54) is 0 Å². The first-order chi connectivity index (χ1) is 9.70. The SMILES string of the molecule is NC(=O)C(Cc1ccc(-c2ccccc2)cc1)NC=O. The molecular formula is C16H16N2O2. The summed E-state index contributed by atoms with van der Waals surface area (Å²) in [4.78, 5) is 21.6. The summed E-state index contributed by atoms with van der Waals surface area (Å²) < 4.78 is 0. The van der Waals surface area contributed by atoms with Gasteiger partial charge < -0.3 is 11.1 Å². The van der Waals surface area contributed by atoms with Crippen LogP contribution in [-0.4, -0.2) is 18.4 Å². The van der Waals surface area contributed by atoms with Gasteiger partial charge in [-0.15, -0.1) is 0 Å². The number of primary amides is 1. The summed E-state index contributed by atoms with van der Waals surface area (Å²) in [5.41, 5.74) is 8.42. The fourth-order valence-electron chi connectivity index (χ4n) is 2.02. The van der Waals surface area contributed by atoms with E-state index in [1.807, 2.05) is 54.6 Å². The van der Waals surface area contributed by atoms with E-state index in [0.717, 1.165) is 16.7 Å². The van der Waals surface area contributed by atoms with Gasteiger partial charge in [-0.25, -0.2) is 0 Å². The number of nitrogens with one attached hydrogen (secondary N) is 1. The molecule has 1 atom stereocenters. The third-order valence-electron chi connectivity index (χ3n) is 3.11. The van der Waals surface area contributed by atoms with E-state index in [0.29, 0.717) is 12.8 Å². The van der Waals surface area contributed by atoms with Gasteiger partial charge in [-0.3, -0.25) is 9.59 Å². The van der Waals surface area contributed by atoms with Gasteiger partial charge in [0.1, 0.15) is 6.04 Å². The summed E-state index contributed by atoms with van der Waals surface area (Å²) in [5.74, 6) is -0.538. The molecule has 0 radical (unpaired) electrons. The van der Waals surface area contributed by atoms with Crippen molar-refractivity contribution in [1.29, 1.82) is 0 Å². The molecule has 0 heterocycles. The monoisotopic (exact) mass is 268 g/mol. The van der Waals surface area contributed by atoms with Gasteiger partial charge in [-0.2, -0.15) is 0 Å². The molecule has 3 N–H and O–H groups in total. The van der Waals surface area contributed by atoms with Gasteiger partial charge in [0.2, 0.25) is 12.3 Å². The second-order valence-corrected chi connectivity index (χ2v) is 4.51. The highest BCUT2D eigenvalue weighted by molar-refractivity contribution is 5.82. The second kappa shape index (κ2) is 6.52. The zero-order valence-corrected chi connectivity index (χ0v) is 11.0. The lowest BCUT2D eigenvalue weighted by molar-refractivity contribution is -0.122. The summed E-state index contributed by atoms with van der Waals surface area (Å²) in [6, 6.07) is 17.2. The zero-order valence-electron chi connectivity index (χ0n) is 11.0. The molecule has 2 rings (SSSR count). The van der Waals surface area contributed by atoms with E-state index >= 15 is 0 Å². The van der Waals surface area contributed by atoms with Crippen LogP contribution in [0.2, 0.25) is 0 Å². The van der Waals surface area contributed by atoms with Crippen LogP contribution < -0.4 is 11.1 Å². The number of carbonyl (C=O) groups excluding carboxylic acids is 2. The van der Waals surface area contributed by atoms with Crippen molar-refractivity contribution in [2.24, 2.45) is 5.73 Å². The molecule has 0 aliphatic heterocycles. The van der Waals surface area contributed by atoms with Crippen molar-refractivity contribution in [3.63, 3.8) is 0 Å². The smallest absolute Gasteiger partial charge is 0.240 e. The van der Waals surface area contributed by atoms with Gasteiger partial charge in [-0.1, -0.05) is 54.6 Å². The number of hydrogen-bond donors (Lipinski definition) is 2. The van der Waals surface area contributed by atoms with Crippen molar-refractivity contribution in [2.45, 2.75) is 12.5 Å². The van der Waals surface area contributed by atoms with Gasteiger partial charge in [0, 0.05) is 6.42 Å². The second-order valence-electron chi connectivity index (χ2n) is 4.51. The van der Waals surface area contributed by atoms with E-state index in [-0.39, 0.29) is 0 Å². The minimum absolute atomic E-state index is 0.392. The Morgan fingerprint density at radius 2 is 1.65 bits per heavy atom. The zero-order chi connectivity index (χ0) is 14.4. The first-order valence-corrected chi connectivity index (χ1v) is 6.34. The molecule has 1 unspecified atom stereocenters. The number of benzene rings is 2. The summed E-state index contributed by atoms with van der Waals surface area (Å²) in [6.45, 7) is 0. The molecule has 2 aromatic carbocycles. The number of rotatable bonds is 6. The molecule has 20 heavy (non-hydrogen) atoms. The molecule has 2 amide bonds. The molecule has 0 aliphatic rings. The molecule has 0 saturated carbocycles. The normalized spacial score (nSPS) is 11.6. The lowest BCUT2D eigenvalue weighted by Gasteiger charge is -2.12. The van der Waals surface area contributed by atoms with E-state index in [1.54, 1.807) is 0 Å². The van der Waals surface area contributed by atoms with E-state index in [4.69, 9.17) is 5.73 Å². The number of carbonyl (C=O) groups is 2. The van der Waals surface area contributed by atoms with Crippen LogP contribution in [0.25, 0.3) is 11.1 Å². The van der Waals surface area contributed by atoms with Gasteiger partial charge in [-0.05, 0) is 16.7 Å². The molecular weight excluding hydrogens is 252 g/mol. The predicted octanol–water partition coefficient (Wildman–Crippen LogP) is 1.50. The Morgan fingerprint density at radius 3 is 2.20 bits per heavy atom. The number of hydrogen-bond acceptors (Lipinski definition) is 2. The van der Waals surface area contributed by atoms with Crippen LogP contribution in [0.5, 0.6) is 0 Å². The highest BCUT2D eigenvalue weighted by atomic mass is 16.2. The summed E-state index contributed by atoms with van der Waals surface area (Å²) in [5, 5.41) is 2.42. The van der Waals surface area contributed by atoms with E-state index < -0.39 is 11.9 Å². The van der Waals surface area contributed by atoms with Gasteiger partial charge >= 0.3 is 0 Å². The van der Waals surface area contributed by atoms with Gasteiger partial charge in [0.15, 0.2) is 0 Å². The first-order valence-electron chi connectivity index (χ1n) is 6.34. The first kappa shape index (κ1) is 13.8. The molecule has 4 nitrogen and oxygen atoms in total. The fourth-order valence-corrected chi connectivity index (χ4v) is 2.02. The molecule has 0 aromatic heterocycles. The maximum Gasteiger partial charge on any atom is 0.240 e. The highest BCUT2D eigenvalue weighted by Gasteiger charge is 2.14. The van der Waals surface area contributed by atoms with Gasteiger partial charge in [0.25, 0.3) is 0 Å². The average Bonchev–Trinajstić information content (AvgIpc) is 2.48. The third kappa shape index (κ3) is 3.45. The average molecular weight is 268 g/mol. The summed E-state index contributed by atoms with van der Waals surface area (Å²) >= 11 is 0. The van der Waals surface area contributed by atoms with Crippen molar-refractivity contribution < 1.29 is 9.59 Å². The lowest BCUT2D eigenvalue weighted by Crippen LogP contribution is -2.42. The Bertz CT molecular complexity index is 579. The molecule has 2 aromatic rings. The van der Waals surface area contributed by atoms with Crippen LogP contribution in [0.1, 0.15) is 5.56 Å². The van der Waals surface area contributed by atoms with Crippen LogP contribution in [0, 0.1) is 0 Å². The van der Waals surface area contributed by atoms with Crippen LogP contribution >= 0.6 is 0 Å². The summed E-state index contributed by atoms with van der Waals surface area (Å²) in [7, 11) is 0. The van der Waals surface area contributed by atoms with Crippen molar-refractivity contribution in [3.05, 3.63) is 60.2 Å². The third-order valence-corrected chi connectivity index (χ3v) is 3.11. The Kier molecular flexibility index (Phi) is 4.50. The molecule has 0 bridgehead atoms. The van der Waals surface area contributed by atoms with Crippen molar-refractivity contribution in [1.82, 2.24) is 5.32 Å². The Labute approximate surface area is 117 Å². The Balaban J connectivity index is 2.12. The van der Waals surface area contributed by atoms with Crippen molar-refractivity contribution in [3.8, 4) is 11.1 Å². The van der Waals surface area contributed by atoms with Crippen LogP contribution in [0.3, 0.4) is 0 Å². The summed E-state index contributed by atoms with van der Waals surface area (Å²) in [6.07, 6.45) is 0.886. The van der Waals surface area contributed by atoms with E-state index in [9.17, 15) is 9.59 Å². The van der Waals surface area contributed by atoms with Crippen molar-refractivity contribution in [2.75, 3.05) is 0 Å². The molecule has 4 heteroatoms. The minimum atomic E-state index is -0.671. The van der Waals surface area contributed by atoms with Gasteiger partial charge in [0.05, 0.1) is 0 Å². The predicted molar refractivity (Wildman–Crippen MR) is 77.8 cm³/mol. The number of amides is 2. The minimum Gasteiger partial charge on any atom is -0.368 e.